The predicted molar refractivity (Wildman–Crippen MR) is 58.9 cm³/mol. The van der Waals surface area contributed by atoms with E-state index in [-0.39, 0.29) is 0 Å². The van der Waals surface area contributed by atoms with Gasteiger partial charge in [0, 0.05) is 13.1 Å². The summed E-state index contributed by atoms with van der Waals surface area (Å²) in [7, 11) is 0. The van der Waals surface area contributed by atoms with Crippen LogP contribution in [-0.4, -0.2) is 13.1 Å². The third-order valence-electron chi connectivity index (χ3n) is 3.32. The van der Waals surface area contributed by atoms with Crippen molar-refractivity contribution in [2.75, 3.05) is 13.1 Å². The first-order valence-corrected chi connectivity index (χ1v) is 5.68. The minimum atomic E-state index is 0.429. The van der Waals surface area contributed by atoms with E-state index in [1.54, 1.807) is 0 Å². The van der Waals surface area contributed by atoms with Gasteiger partial charge in [-0.05, 0) is 30.1 Å². The molecule has 1 aliphatic rings. The lowest BCUT2D eigenvalue weighted by molar-refractivity contribution is 0.120. The Morgan fingerprint density at radius 1 is 1.23 bits per heavy atom. The van der Waals surface area contributed by atoms with Gasteiger partial charge in [0.05, 0.1) is 0 Å². The zero-order valence-electron chi connectivity index (χ0n) is 9.74. The van der Waals surface area contributed by atoms with E-state index in [0.717, 1.165) is 6.54 Å². The Labute approximate surface area is 83.3 Å². The Morgan fingerprint density at radius 3 is 2.15 bits per heavy atom. The summed E-state index contributed by atoms with van der Waals surface area (Å²) < 4.78 is 0. The van der Waals surface area contributed by atoms with E-state index in [1.165, 1.54) is 32.2 Å². The van der Waals surface area contributed by atoms with E-state index < -0.39 is 0 Å². The smallest absolute Gasteiger partial charge is 0.000793 e. The Balaban J connectivity index is 2.18. The highest BCUT2D eigenvalue weighted by Gasteiger charge is 2.34. The lowest BCUT2D eigenvalue weighted by Gasteiger charge is -2.42. The lowest BCUT2D eigenvalue weighted by Crippen LogP contribution is -2.41. The molecule has 0 aliphatic heterocycles. The van der Waals surface area contributed by atoms with E-state index >= 15 is 0 Å². The van der Waals surface area contributed by atoms with E-state index in [2.05, 4.69) is 33.0 Å². The van der Waals surface area contributed by atoms with Crippen molar-refractivity contribution in [3.63, 3.8) is 0 Å². The van der Waals surface area contributed by atoms with Crippen LogP contribution in [0.2, 0.25) is 0 Å². The Kier molecular flexibility index (Phi) is 3.39. The van der Waals surface area contributed by atoms with Gasteiger partial charge in [-0.25, -0.2) is 0 Å². The number of nitrogens with one attached hydrogen (secondary N) is 1. The highest BCUT2D eigenvalue weighted by Crippen LogP contribution is 2.43. The fraction of sp³-hybridized carbons (Fsp3) is 1.00. The minimum absolute atomic E-state index is 0.429. The Morgan fingerprint density at radius 2 is 1.85 bits per heavy atom. The molecule has 1 heteroatoms. The molecule has 0 saturated heterocycles. The van der Waals surface area contributed by atoms with Crippen LogP contribution in [0.1, 0.15) is 53.4 Å². The fourth-order valence-electron chi connectivity index (χ4n) is 2.03. The molecular weight excluding hydrogens is 158 g/mol. The van der Waals surface area contributed by atoms with E-state index in [1.807, 2.05) is 0 Å². The monoisotopic (exact) mass is 183 g/mol. The molecule has 0 aromatic heterocycles. The molecule has 1 aliphatic carbocycles. The molecule has 1 fully saturated rings. The van der Waals surface area contributed by atoms with Crippen molar-refractivity contribution in [2.45, 2.75) is 53.4 Å². The van der Waals surface area contributed by atoms with Crippen LogP contribution in [0.4, 0.5) is 0 Å². The van der Waals surface area contributed by atoms with Crippen molar-refractivity contribution >= 4 is 0 Å². The summed E-state index contributed by atoms with van der Waals surface area (Å²) in [5.74, 6) is 0. The van der Waals surface area contributed by atoms with Gasteiger partial charge in [-0.3, -0.25) is 0 Å². The van der Waals surface area contributed by atoms with Crippen molar-refractivity contribution in [3.05, 3.63) is 0 Å². The van der Waals surface area contributed by atoms with Gasteiger partial charge in [-0.1, -0.05) is 34.1 Å². The maximum Gasteiger partial charge on any atom is 0.000793 e. The molecule has 0 heterocycles. The number of rotatable bonds is 4. The average molecular weight is 183 g/mol. The number of hydrogen-bond acceptors (Lipinski definition) is 1. The molecule has 1 nitrogen and oxygen atoms in total. The van der Waals surface area contributed by atoms with Gasteiger partial charge in [0.15, 0.2) is 0 Å². The van der Waals surface area contributed by atoms with Crippen molar-refractivity contribution < 1.29 is 0 Å². The van der Waals surface area contributed by atoms with Crippen LogP contribution in [0.3, 0.4) is 0 Å². The molecule has 0 aromatic carbocycles. The van der Waals surface area contributed by atoms with Gasteiger partial charge >= 0.3 is 0 Å². The molecule has 0 bridgehead atoms. The highest BCUT2D eigenvalue weighted by molar-refractivity contribution is 4.88. The molecule has 0 amide bonds. The molecule has 78 valence electrons. The molecule has 1 rings (SSSR count). The molecule has 0 aromatic rings. The second-order valence-electron chi connectivity index (χ2n) is 5.87. The quantitative estimate of drug-likeness (QED) is 0.705. The molecule has 0 atom stereocenters. The van der Waals surface area contributed by atoms with Gasteiger partial charge < -0.3 is 5.32 Å². The predicted octanol–water partition coefficient (Wildman–Crippen LogP) is 3.20. The van der Waals surface area contributed by atoms with Gasteiger partial charge in [0.25, 0.3) is 0 Å². The summed E-state index contributed by atoms with van der Waals surface area (Å²) in [6.07, 6.45) is 5.69. The summed E-state index contributed by atoms with van der Waals surface area (Å²) in [5.41, 5.74) is 1.10. The highest BCUT2D eigenvalue weighted by atomic mass is 14.9. The summed E-state index contributed by atoms with van der Waals surface area (Å²) >= 11 is 0. The largest absolute Gasteiger partial charge is 0.316 e. The average Bonchev–Trinajstić information content (AvgIpc) is 1.92. The topological polar surface area (TPSA) is 12.0 Å². The lowest BCUT2D eigenvalue weighted by atomic mass is 9.67. The Hall–Kier alpha value is -0.0400. The maximum absolute atomic E-state index is 3.62. The normalized spacial score (nSPS) is 21.2. The van der Waals surface area contributed by atoms with Crippen LogP contribution >= 0.6 is 0 Å². The van der Waals surface area contributed by atoms with E-state index in [4.69, 9.17) is 0 Å². The molecule has 1 N–H and O–H groups in total. The Bertz CT molecular complexity index is 145. The maximum atomic E-state index is 3.62. The van der Waals surface area contributed by atoms with Gasteiger partial charge in [-0.15, -0.1) is 0 Å². The van der Waals surface area contributed by atoms with Crippen molar-refractivity contribution in [2.24, 2.45) is 10.8 Å². The van der Waals surface area contributed by atoms with Crippen LogP contribution in [0.15, 0.2) is 0 Å². The third-order valence-corrected chi connectivity index (χ3v) is 3.32. The zero-order chi connectivity index (χ0) is 9.95. The first-order chi connectivity index (χ1) is 5.97. The van der Waals surface area contributed by atoms with Crippen LogP contribution in [0.5, 0.6) is 0 Å². The molecule has 0 radical (unpaired) electrons. The third kappa shape index (κ3) is 3.30. The van der Waals surface area contributed by atoms with Crippen LogP contribution < -0.4 is 5.32 Å². The summed E-state index contributed by atoms with van der Waals surface area (Å²) in [4.78, 5) is 0. The summed E-state index contributed by atoms with van der Waals surface area (Å²) in [5, 5.41) is 3.62. The van der Waals surface area contributed by atoms with E-state index in [0.29, 0.717) is 10.8 Å². The van der Waals surface area contributed by atoms with Crippen LogP contribution in [-0.2, 0) is 0 Å². The van der Waals surface area contributed by atoms with Crippen molar-refractivity contribution in [1.82, 2.24) is 5.32 Å². The first-order valence-electron chi connectivity index (χ1n) is 5.68. The second-order valence-corrected chi connectivity index (χ2v) is 5.87. The van der Waals surface area contributed by atoms with Gasteiger partial charge in [0.2, 0.25) is 0 Å². The second kappa shape index (κ2) is 4.00. The number of hydrogen-bond donors (Lipinski definition) is 1. The van der Waals surface area contributed by atoms with Crippen LogP contribution in [0, 0.1) is 10.8 Å². The minimum Gasteiger partial charge on any atom is -0.316 e. The van der Waals surface area contributed by atoms with Crippen LogP contribution in [0.25, 0.3) is 0 Å². The SMILES string of the molecule is CCC1(CNCC(C)(C)C)CCC1. The summed E-state index contributed by atoms with van der Waals surface area (Å²) in [6.45, 7) is 11.6. The molecule has 0 spiro atoms. The summed E-state index contributed by atoms with van der Waals surface area (Å²) in [6, 6.07) is 0. The van der Waals surface area contributed by atoms with Gasteiger partial charge in [-0.2, -0.15) is 0 Å². The van der Waals surface area contributed by atoms with E-state index in [9.17, 15) is 0 Å². The molecule has 13 heavy (non-hydrogen) atoms. The van der Waals surface area contributed by atoms with Crippen molar-refractivity contribution in [1.29, 1.82) is 0 Å². The fourth-order valence-corrected chi connectivity index (χ4v) is 2.03. The van der Waals surface area contributed by atoms with Crippen molar-refractivity contribution in [3.8, 4) is 0 Å². The molecule has 1 saturated carbocycles. The standard InChI is InChI=1S/C12H25N/c1-5-12(7-6-8-12)10-13-9-11(2,3)4/h13H,5-10H2,1-4H3. The zero-order valence-corrected chi connectivity index (χ0v) is 9.74. The molecular formula is C12H25N. The molecule has 0 unspecified atom stereocenters. The first kappa shape index (κ1) is 11.0. The van der Waals surface area contributed by atoms with Gasteiger partial charge in [0.1, 0.15) is 0 Å².